The van der Waals surface area contributed by atoms with Gasteiger partial charge in [0, 0.05) is 26.3 Å². The van der Waals surface area contributed by atoms with Crippen LogP contribution >= 0.6 is 0 Å². The summed E-state index contributed by atoms with van der Waals surface area (Å²) in [5, 5.41) is 26.1. The zero-order valence-corrected chi connectivity index (χ0v) is 12.7. The average Bonchev–Trinajstić information content (AvgIpc) is 3.02. The molecule has 4 rings (SSSR count). The summed E-state index contributed by atoms with van der Waals surface area (Å²) in [6.45, 7) is 1.06. The fraction of sp³-hybridized carbons (Fsp3) is 0.286. The maximum atomic E-state index is 11.0. The van der Waals surface area contributed by atoms with Crippen LogP contribution in [0.3, 0.4) is 0 Å². The van der Waals surface area contributed by atoms with Crippen LogP contribution < -0.4 is 4.90 Å². The highest BCUT2D eigenvalue weighted by atomic mass is 16.4. The molecule has 3 aromatic rings. The molecular weight excluding hydrogens is 312 g/mol. The van der Waals surface area contributed by atoms with Crippen molar-refractivity contribution in [2.45, 2.75) is 6.04 Å². The lowest BCUT2D eigenvalue weighted by Crippen LogP contribution is -2.60. The number of carbonyl (C=O) groups is 1. The Hall–Kier alpha value is -3.48. The molecule has 1 saturated heterocycles. The third-order valence-electron chi connectivity index (χ3n) is 4.21. The third kappa shape index (κ3) is 1.98. The molecule has 4 heterocycles. The second-order valence-corrected chi connectivity index (χ2v) is 5.59. The monoisotopic (exact) mass is 324 g/mol. The molecule has 1 aliphatic rings. The molecule has 10 heteroatoms. The summed E-state index contributed by atoms with van der Waals surface area (Å²) in [5.74, 6) is 0.604. The number of nitrogens with zero attached hydrogens (tertiary/aromatic N) is 8. The Morgan fingerprint density at radius 3 is 3.00 bits per heavy atom. The number of carboxylic acid groups (broad SMARTS) is 1. The zero-order valence-electron chi connectivity index (χ0n) is 12.7. The van der Waals surface area contributed by atoms with Crippen LogP contribution in [-0.4, -0.2) is 66.8 Å². The van der Waals surface area contributed by atoms with Crippen LogP contribution in [0.5, 0.6) is 0 Å². The van der Waals surface area contributed by atoms with E-state index in [1.165, 1.54) is 11.1 Å². The Labute approximate surface area is 135 Å². The van der Waals surface area contributed by atoms with E-state index in [1.54, 1.807) is 23.8 Å². The number of pyridine rings is 1. The predicted molar refractivity (Wildman–Crippen MR) is 82.6 cm³/mol. The minimum absolute atomic E-state index is 0.0862. The summed E-state index contributed by atoms with van der Waals surface area (Å²) >= 11 is 0. The number of hydrogen-bond donors (Lipinski definition) is 1. The molecule has 24 heavy (non-hydrogen) atoms. The van der Waals surface area contributed by atoms with Gasteiger partial charge in [-0.2, -0.15) is 5.26 Å². The maximum Gasteiger partial charge on any atom is 0.407 e. The summed E-state index contributed by atoms with van der Waals surface area (Å²) in [6.07, 6.45) is 2.06. The molecule has 3 aromatic heterocycles. The van der Waals surface area contributed by atoms with Gasteiger partial charge in [-0.15, -0.1) is 10.2 Å². The van der Waals surface area contributed by atoms with E-state index < -0.39 is 6.09 Å². The van der Waals surface area contributed by atoms with Crippen molar-refractivity contribution in [2.75, 3.05) is 25.0 Å². The molecular formula is C14H12N8O2. The number of anilines is 1. The van der Waals surface area contributed by atoms with Crippen LogP contribution in [0, 0.1) is 11.3 Å². The Morgan fingerprint density at radius 2 is 2.29 bits per heavy atom. The molecule has 10 nitrogen and oxygen atoms in total. The van der Waals surface area contributed by atoms with E-state index >= 15 is 0 Å². The Kier molecular flexibility index (Phi) is 2.96. The molecule has 1 aliphatic heterocycles. The number of nitriles is 1. The average molecular weight is 324 g/mol. The van der Waals surface area contributed by atoms with Gasteiger partial charge in [0.15, 0.2) is 11.5 Å². The standard InChI is InChI=1S/C14H12N8O2/c1-20(14(23)24)9-5-21(6-9)12-13-19-17-7-22(13)10-2-8(3-15)4-16-11(10)18-12/h2,4,7,9H,5-6H2,1H3,(H,23,24). The van der Waals surface area contributed by atoms with E-state index in [0.717, 1.165) is 0 Å². The van der Waals surface area contributed by atoms with Gasteiger partial charge in [-0.05, 0) is 6.07 Å². The highest BCUT2D eigenvalue weighted by Crippen LogP contribution is 2.27. The van der Waals surface area contributed by atoms with Crippen molar-refractivity contribution in [3.05, 3.63) is 24.2 Å². The number of rotatable bonds is 2. The van der Waals surface area contributed by atoms with Gasteiger partial charge in [0.1, 0.15) is 12.4 Å². The number of hydrogen-bond acceptors (Lipinski definition) is 7. The van der Waals surface area contributed by atoms with E-state index in [9.17, 15) is 4.79 Å². The van der Waals surface area contributed by atoms with Crippen molar-refractivity contribution in [1.82, 2.24) is 29.5 Å². The van der Waals surface area contributed by atoms with E-state index in [4.69, 9.17) is 10.4 Å². The van der Waals surface area contributed by atoms with Gasteiger partial charge >= 0.3 is 6.09 Å². The topological polar surface area (TPSA) is 124 Å². The van der Waals surface area contributed by atoms with Crippen LogP contribution in [0.1, 0.15) is 5.56 Å². The first kappa shape index (κ1) is 14.1. The molecule has 0 aromatic carbocycles. The number of fused-ring (bicyclic) bond motifs is 3. The Morgan fingerprint density at radius 1 is 1.50 bits per heavy atom. The van der Waals surface area contributed by atoms with Crippen LogP contribution in [0.2, 0.25) is 0 Å². The summed E-state index contributed by atoms with van der Waals surface area (Å²) < 4.78 is 1.74. The van der Waals surface area contributed by atoms with Gasteiger partial charge in [0.25, 0.3) is 0 Å². The molecule has 1 amide bonds. The number of aromatic nitrogens is 5. The maximum absolute atomic E-state index is 11.0. The van der Waals surface area contributed by atoms with Gasteiger partial charge in [-0.3, -0.25) is 4.40 Å². The van der Waals surface area contributed by atoms with E-state index in [1.807, 2.05) is 11.0 Å². The normalized spacial score (nSPS) is 14.6. The SMILES string of the molecule is CN(C(=O)O)C1CN(c2nc3ncc(C#N)cc3n3cnnc23)C1. The van der Waals surface area contributed by atoms with Gasteiger partial charge in [-0.1, -0.05) is 0 Å². The van der Waals surface area contributed by atoms with Crippen molar-refractivity contribution < 1.29 is 9.90 Å². The summed E-state index contributed by atoms with van der Waals surface area (Å²) in [5.41, 5.74) is 2.11. The highest BCUT2D eigenvalue weighted by molar-refractivity contribution is 5.81. The molecule has 1 fully saturated rings. The lowest BCUT2D eigenvalue weighted by molar-refractivity contribution is 0.130. The first-order valence-corrected chi connectivity index (χ1v) is 7.19. The van der Waals surface area contributed by atoms with Gasteiger partial charge in [-0.25, -0.2) is 14.8 Å². The Balaban J connectivity index is 1.76. The number of likely N-dealkylation sites (N-methyl/N-ethyl adjacent to an activating group) is 1. The fourth-order valence-corrected chi connectivity index (χ4v) is 2.73. The van der Waals surface area contributed by atoms with Crippen LogP contribution in [0.15, 0.2) is 18.6 Å². The van der Waals surface area contributed by atoms with Crippen LogP contribution in [0.4, 0.5) is 10.6 Å². The molecule has 1 N–H and O–H groups in total. The van der Waals surface area contributed by atoms with E-state index in [2.05, 4.69) is 20.2 Å². The smallest absolute Gasteiger partial charge is 0.407 e. The summed E-state index contributed by atoms with van der Waals surface area (Å²) in [4.78, 5) is 23.0. The third-order valence-corrected chi connectivity index (χ3v) is 4.21. The zero-order chi connectivity index (χ0) is 16.8. The molecule has 120 valence electrons. The molecule has 0 spiro atoms. The lowest BCUT2D eigenvalue weighted by Gasteiger charge is -2.43. The van der Waals surface area contributed by atoms with Crippen molar-refractivity contribution in [3.8, 4) is 6.07 Å². The molecule has 0 unspecified atom stereocenters. The Bertz CT molecular complexity index is 1000. The van der Waals surface area contributed by atoms with Crippen molar-refractivity contribution in [3.63, 3.8) is 0 Å². The second-order valence-electron chi connectivity index (χ2n) is 5.59. The first-order chi connectivity index (χ1) is 11.6. The summed E-state index contributed by atoms with van der Waals surface area (Å²) in [6, 6.07) is 3.65. The molecule has 0 aliphatic carbocycles. The fourth-order valence-electron chi connectivity index (χ4n) is 2.73. The van der Waals surface area contributed by atoms with Crippen molar-refractivity contribution >= 4 is 28.7 Å². The molecule has 0 saturated carbocycles. The largest absolute Gasteiger partial charge is 0.465 e. The van der Waals surface area contributed by atoms with Crippen LogP contribution in [-0.2, 0) is 0 Å². The number of amides is 1. The molecule has 0 atom stereocenters. The quantitative estimate of drug-likeness (QED) is 0.716. The van der Waals surface area contributed by atoms with Crippen LogP contribution in [0.25, 0.3) is 16.8 Å². The van der Waals surface area contributed by atoms with Crippen molar-refractivity contribution in [2.24, 2.45) is 0 Å². The van der Waals surface area contributed by atoms with E-state index in [-0.39, 0.29) is 6.04 Å². The minimum Gasteiger partial charge on any atom is -0.465 e. The highest BCUT2D eigenvalue weighted by Gasteiger charge is 2.35. The van der Waals surface area contributed by atoms with E-state index in [0.29, 0.717) is 41.3 Å². The van der Waals surface area contributed by atoms with Gasteiger partial charge in [0.2, 0.25) is 5.65 Å². The lowest BCUT2D eigenvalue weighted by atomic mass is 10.1. The molecule has 0 radical (unpaired) electrons. The summed E-state index contributed by atoms with van der Waals surface area (Å²) in [7, 11) is 1.55. The van der Waals surface area contributed by atoms with Gasteiger partial charge in [0.05, 0.1) is 17.1 Å². The van der Waals surface area contributed by atoms with Crippen molar-refractivity contribution in [1.29, 1.82) is 5.26 Å². The second kappa shape index (κ2) is 5.02. The minimum atomic E-state index is -0.954. The first-order valence-electron chi connectivity index (χ1n) is 7.19. The molecule has 0 bridgehead atoms. The van der Waals surface area contributed by atoms with Gasteiger partial charge < -0.3 is 14.9 Å². The predicted octanol–water partition coefficient (Wildman–Crippen LogP) is 0.343.